The van der Waals surface area contributed by atoms with Crippen LogP contribution in [0.15, 0.2) is 52.7 Å². The molecular formula is C20H18ClN3O5S. The maximum Gasteiger partial charge on any atom is 0.305 e. The second-order valence-electron chi connectivity index (χ2n) is 6.16. The number of aliphatic carboxylic acids is 1. The van der Waals surface area contributed by atoms with Crippen LogP contribution in [0, 0.1) is 0 Å². The molecule has 1 saturated heterocycles. The Morgan fingerprint density at radius 1 is 1.30 bits per heavy atom. The molecule has 2 N–H and O–H groups in total. The van der Waals surface area contributed by atoms with Gasteiger partial charge in [0.1, 0.15) is 23.4 Å². The minimum Gasteiger partial charge on any atom is -0.496 e. The number of halogens is 1. The third-order valence-corrected chi connectivity index (χ3v) is 5.33. The number of rotatable bonds is 8. The Balaban J connectivity index is 1.66. The van der Waals surface area contributed by atoms with Gasteiger partial charge in [-0.3, -0.25) is 9.59 Å². The van der Waals surface area contributed by atoms with E-state index in [1.54, 1.807) is 37.4 Å². The van der Waals surface area contributed by atoms with Crippen LogP contribution in [0.4, 0.5) is 0 Å². The van der Waals surface area contributed by atoms with Crippen LogP contribution in [0.25, 0.3) is 0 Å². The molecule has 0 aliphatic carbocycles. The van der Waals surface area contributed by atoms with Crippen molar-refractivity contribution in [2.24, 2.45) is 10.2 Å². The van der Waals surface area contributed by atoms with Crippen molar-refractivity contribution in [2.75, 3.05) is 7.11 Å². The number of thioether (sulfide) groups is 1. The summed E-state index contributed by atoms with van der Waals surface area (Å²) in [4.78, 5) is 22.5. The summed E-state index contributed by atoms with van der Waals surface area (Å²) in [6.07, 6.45) is 1.25. The van der Waals surface area contributed by atoms with Crippen LogP contribution in [-0.4, -0.2) is 40.7 Å². The monoisotopic (exact) mass is 447 g/mol. The third kappa shape index (κ3) is 5.98. The molecule has 0 saturated carbocycles. The number of carbonyl (C=O) groups excluding carboxylic acids is 1. The molecule has 1 amide bonds. The molecule has 30 heavy (non-hydrogen) atoms. The van der Waals surface area contributed by atoms with Crippen molar-refractivity contribution in [3.8, 4) is 11.5 Å². The van der Waals surface area contributed by atoms with Gasteiger partial charge in [-0.05, 0) is 48.0 Å². The fourth-order valence-corrected chi connectivity index (χ4v) is 3.62. The minimum atomic E-state index is -1.04. The first-order valence-corrected chi connectivity index (χ1v) is 10.1. The Morgan fingerprint density at radius 2 is 2.07 bits per heavy atom. The standard InChI is InChI=1S/C20H18ClN3O5S/c1-28-16-7-2-12(8-13(16)11-29-15-5-3-14(21)4-6-15)10-22-24-20-23-19(27)17(30-20)9-18(25)26/h2-8,10,17H,9,11H2,1H3,(H,25,26)(H,23,24,27). The number of amidine groups is 1. The molecular weight excluding hydrogens is 430 g/mol. The number of carboxylic acids is 1. The van der Waals surface area contributed by atoms with E-state index in [4.69, 9.17) is 26.2 Å². The zero-order chi connectivity index (χ0) is 21.5. The number of methoxy groups -OCH3 is 1. The predicted molar refractivity (Wildman–Crippen MR) is 116 cm³/mol. The van der Waals surface area contributed by atoms with Gasteiger partial charge in [0, 0.05) is 10.6 Å². The van der Waals surface area contributed by atoms with E-state index in [1.165, 1.54) is 6.21 Å². The molecule has 1 fully saturated rings. The van der Waals surface area contributed by atoms with Crippen molar-refractivity contribution in [2.45, 2.75) is 18.3 Å². The first kappa shape index (κ1) is 21.7. The first-order chi connectivity index (χ1) is 14.4. The lowest BCUT2D eigenvalue weighted by molar-refractivity contribution is -0.138. The van der Waals surface area contributed by atoms with E-state index in [-0.39, 0.29) is 24.1 Å². The van der Waals surface area contributed by atoms with Gasteiger partial charge in [0.15, 0.2) is 5.17 Å². The molecule has 0 aromatic heterocycles. The van der Waals surface area contributed by atoms with Crippen molar-refractivity contribution in [1.29, 1.82) is 0 Å². The van der Waals surface area contributed by atoms with Crippen LogP contribution in [0.3, 0.4) is 0 Å². The van der Waals surface area contributed by atoms with Crippen molar-refractivity contribution in [3.63, 3.8) is 0 Å². The quantitative estimate of drug-likeness (QED) is 0.474. The molecule has 8 nitrogen and oxygen atoms in total. The van der Waals surface area contributed by atoms with Crippen LogP contribution in [-0.2, 0) is 16.2 Å². The normalized spacial score (nSPS) is 17.3. The largest absolute Gasteiger partial charge is 0.496 e. The molecule has 10 heteroatoms. The number of hydrogen-bond acceptors (Lipinski definition) is 7. The summed E-state index contributed by atoms with van der Waals surface area (Å²) in [7, 11) is 1.58. The van der Waals surface area contributed by atoms with Crippen molar-refractivity contribution < 1.29 is 24.2 Å². The molecule has 1 atom stereocenters. The van der Waals surface area contributed by atoms with E-state index >= 15 is 0 Å². The average molecular weight is 448 g/mol. The van der Waals surface area contributed by atoms with Crippen LogP contribution in [0.5, 0.6) is 11.5 Å². The first-order valence-electron chi connectivity index (χ1n) is 8.80. The summed E-state index contributed by atoms with van der Waals surface area (Å²) in [5.41, 5.74) is 1.57. The van der Waals surface area contributed by atoms with E-state index in [1.807, 2.05) is 12.1 Å². The topological polar surface area (TPSA) is 110 Å². The predicted octanol–water partition coefficient (Wildman–Crippen LogP) is 3.32. The summed E-state index contributed by atoms with van der Waals surface area (Å²) in [6.45, 7) is 0.282. The lowest BCUT2D eigenvalue weighted by Crippen LogP contribution is -2.26. The van der Waals surface area contributed by atoms with Crippen LogP contribution in [0.1, 0.15) is 17.5 Å². The second kappa shape index (κ2) is 10.1. The van der Waals surface area contributed by atoms with Gasteiger partial charge in [-0.25, -0.2) is 0 Å². The maximum atomic E-state index is 11.7. The van der Waals surface area contributed by atoms with Gasteiger partial charge in [0.2, 0.25) is 5.91 Å². The van der Waals surface area contributed by atoms with Crippen LogP contribution >= 0.6 is 23.4 Å². The highest BCUT2D eigenvalue weighted by Crippen LogP contribution is 2.24. The van der Waals surface area contributed by atoms with Gasteiger partial charge >= 0.3 is 5.97 Å². The molecule has 1 aliphatic rings. The smallest absolute Gasteiger partial charge is 0.305 e. The van der Waals surface area contributed by atoms with Gasteiger partial charge < -0.3 is 19.9 Å². The van der Waals surface area contributed by atoms with Gasteiger partial charge in [-0.1, -0.05) is 23.4 Å². The average Bonchev–Trinajstić information content (AvgIpc) is 3.06. The fourth-order valence-electron chi connectivity index (χ4n) is 2.58. The van der Waals surface area contributed by atoms with Crippen LogP contribution < -0.4 is 14.8 Å². The number of carboxylic acid groups (broad SMARTS) is 1. The van der Waals surface area contributed by atoms with E-state index in [0.29, 0.717) is 16.5 Å². The lowest BCUT2D eigenvalue weighted by Gasteiger charge is -2.11. The third-order valence-electron chi connectivity index (χ3n) is 4.00. The highest BCUT2D eigenvalue weighted by molar-refractivity contribution is 8.15. The molecule has 1 aliphatic heterocycles. The number of nitrogens with zero attached hydrogens (tertiary/aromatic N) is 2. The number of hydrogen-bond donors (Lipinski definition) is 2. The van der Waals surface area contributed by atoms with E-state index in [9.17, 15) is 9.59 Å². The lowest BCUT2D eigenvalue weighted by atomic mass is 10.1. The molecule has 1 heterocycles. The highest BCUT2D eigenvalue weighted by atomic mass is 35.5. The van der Waals surface area contributed by atoms with Gasteiger partial charge in [-0.15, -0.1) is 5.10 Å². The summed E-state index contributed by atoms with van der Waals surface area (Å²) < 4.78 is 11.2. The number of amides is 1. The number of nitrogens with one attached hydrogen (secondary N) is 1. The number of ether oxygens (including phenoxy) is 2. The SMILES string of the molecule is COc1ccc(C=NN=C2NC(=O)C(CC(=O)O)S2)cc1COc1ccc(Cl)cc1. The van der Waals surface area contributed by atoms with Gasteiger partial charge in [-0.2, -0.15) is 5.10 Å². The molecule has 0 radical (unpaired) electrons. The molecule has 1 unspecified atom stereocenters. The zero-order valence-corrected chi connectivity index (χ0v) is 17.4. The Bertz CT molecular complexity index is 994. The van der Waals surface area contributed by atoms with E-state index < -0.39 is 11.2 Å². The summed E-state index contributed by atoms with van der Waals surface area (Å²) in [5, 5.41) is 19.5. The van der Waals surface area contributed by atoms with Gasteiger partial charge in [0.25, 0.3) is 0 Å². The number of benzene rings is 2. The highest BCUT2D eigenvalue weighted by Gasteiger charge is 2.32. The second-order valence-corrected chi connectivity index (χ2v) is 7.79. The zero-order valence-electron chi connectivity index (χ0n) is 15.9. The summed E-state index contributed by atoms with van der Waals surface area (Å²) >= 11 is 6.92. The summed E-state index contributed by atoms with van der Waals surface area (Å²) in [6, 6.07) is 12.5. The molecule has 0 spiro atoms. The molecule has 3 rings (SSSR count). The molecule has 2 aromatic rings. The molecule has 2 aromatic carbocycles. The van der Waals surface area contributed by atoms with E-state index in [0.717, 1.165) is 22.9 Å². The summed E-state index contributed by atoms with van der Waals surface area (Å²) in [5.74, 6) is -0.0826. The molecule has 0 bridgehead atoms. The Morgan fingerprint density at radius 3 is 2.77 bits per heavy atom. The van der Waals surface area contributed by atoms with Crippen molar-refractivity contribution in [3.05, 3.63) is 58.6 Å². The Labute approximate surface area is 181 Å². The van der Waals surface area contributed by atoms with Gasteiger partial charge in [0.05, 0.1) is 19.7 Å². The Kier molecular flexibility index (Phi) is 7.31. The maximum absolute atomic E-state index is 11.7. The van der Waals surface area contributed by atoms with Crippen molar-refractivity contribution in [1.82, 2.24) is 5.32 Å². The Hall–Kier alpha value is -3.04. The minimum absolute atomic E-state index is 0.266. The number of carbonyl (C=O) groups is 2. The van der Waals surface area contributed by atoms with E-state index in [2.05, 4.69) is 15.5 Å². The molecule has 156 valence electrons. The fraction of sp³-hybridized carbons (Fsp3) is 0.200. The van der Waals surface area contributed by atoms with Crippen molar-refractivity contribution >= 4 is 46.6 Å². The van der Waals surface area contributed by atoms with Crippen LogP contribution in [0.2, 0.25) is 5.02 Å².